The maximum Gasteiger partial charge on any atom is 0.119 e. The third kappa shape index (κ3) is 4.92. The molecule has 1 aromatic carbocycles. The summed E-state index contributed by atoms with van der Waals surface area (Å²) in [7, 11) is 0. The summed E-state index contributed by atoms with van der Waals surface area (Å²) in [5.74, 6) is 0.928. The van der Waals surface area contributed by atoms with E-state index in [1.807, 2.05) is 6.07 Å². The number of hydrogen-bond donors (Lipinski definition) is 0. The van der Waals surface area contributed by atoms with Crippen molar-refractivity contribution in [1.82, 2.24) is 4.90 Å². The van der Waals surface area contributed by atoms with Gasteiger partial charge in [0.2, 0.25) is 0 Å². The van der Waals surface area contributed by atoms with Gasteiger partial charge in [-0.05, 0) is 56.5 Å². The monoisotopic (exact) mass is 258 g/mol. The summed E-state index contributed by atoms with van der Waals surface area (Å²) in [6, 6.07) is 10.5. The number of nitriles is 1. The highest BCUT2D eigenvalue weighted by Crippen LogP contribution is 2.15. The van der Waals surface area contributed by atoms with Gasteiger partial charge in [0.15, 0.2) is 0 Å². The second-order valence-corrected chi connectivity index (χ2v) is 5.06. The Hall–Kier alpha value is -1.53. The first kappa shape index (κ1) is 13.9. The van der Waals surface area contributed by atoms with Gasteiger partial charge in [0.1, 0.15) is 5.75 Å². The summed E-state index contributed by atoms with van der Waals surface area (Å²) in [6.45, 7) is 4.29. The van der Waals surface area contributed by atoms with Crippen LogP contribution in [0.15, 0.2) is 24.3 Å². The van der Waals surface area contributed by atoms with Crippen molar-refractivity contribution in [3.05, 3.63) is 29.8 Å². The number of rotatable bonds is 7. The molecule has 0 aromatic heterocycles. The van der Waals surface area contributed by atoms with Crippen LogP contribution >= 0.6 is 0 Å². The molecule has 3 heteroatoms. The fourth-order valence-electron chi connectivity index (χ4n) is 2.43. The van der Waals surface area contributed by atoms with E-state index in [2.05, 4.69) is 29.2 Å². The molecule has 0 N–H and O–H groups in total. The van der Waals surface area contributed by atoms with Crippen molar-refractivity contribution >= 4 is 0 Å². The summed E-state index contributed by atoms with van der Waals surface area (Å²) in [5, 5.41) is 8.47. The molecule has 1 aliphatic heterocycles. The van der Waals surface area contributed by atoms with Crippen molar-refractivity contribution in [2.75, 3.05) is 26.2 Å². The van der Waals surface area contributed by atoms with E-state index >= 15 is 0 Å². The molecule has 0 atom stereocenters. The molecular weight excluding hydrogens is 236 g/mol. The molecule has 102 valence electrons. The van der Waals surface area contributed by atoms with Gasteiger partial charge in [-0.2, -0.15) is 5.26 Å². The van der Waals surface area contributed by atoms with Gasteiger partial charge in [-0.25, -0.2) is 0 Å². The van der Waals surface area contributed by atoms with Crippen LogP contribution in [0.2, 0.25) is 0 Å². The van der Waals surface area contributed by atoms with Crippen molar-refractivity contribution in [2.45, 2.75) is 32.1 Å². The first-order valence-electron chi connectivity index (χ1n) is 7.19. The number of ether oxygens (including phenoxy) is 1. The quantitative estimate of drug-likeness (QED) is 0.705. The molecule has 0 aliphatic carbocycles. The van der Waals surface area contributed by atoms with E-state index in [9.17, 15) is 0 Å². The topological polar surface area (TPSA) is 36.3 Å². The molecule has 1 aliphatic rings. The van der Waals surface area contributed by atoms with Crippen LogP contribution in [0.5, 0.6) is 5.75 Å². The zero-order valence-corrected chi connectivity index (χ0v) is 11.5. The first-order chi connectivity index (χ1) is 9.38. The molecular formula is C16H22N2O. The lowest BCUT2D eigenvalue weighted by Crippen LogP contribution is -2.21. The van der Waals surface area contributed by atoms with Crippen molar-refractivity contribution in [1.29, 1.82) is 5.26 Å². The third-order valence-corrected chi connectivity index (χ3v) is 3.52. The van der Waals surface area contributed by atoms with Crippen LogP contribution in [0.3, 0.4) is 0 Å². The average molecular weight is 258 g/mol. The van der Waals surface area contributed by atoms with E-state index in [0.717, 1.165) is 25.1 Å². The van der Waals surface area contributed by atoms with Crippen LogP contribution in [0.25, 0.3) is 0 Å². The molecule has 0 radical (unpaired) electrons. The predicted molar refractivity (Wildman–Crippen MR) is 76.2 cm³/mol. The maximum absolute atomic E-state index is 8.47. The minimum atomic E-state index is 0.564. The Kier molecular flexibility index (Phi) is 5.71. The summed E-state index contributed by atoms with van der Waals surface area (Å²) in [4.78, 5) is 2.53. The van der Waals surface area contributed by atoms with Crippen molar-refractivity contribution in [3.63, 3.8) is 0 Å². The van der Waals surface area contributed by atoms with E-state index in [0.29, 0.717) is 13.0 Å². The zero-order chi connectivity index (χ0) is 13.3. The van der Waals surface area contributed by atoms with Gasteiger partial charge in [-0.1, -0.05) is 12.1 Å². The second-order valence-electron chi connectivity index (χ2n) is 5.06. The maximum atomic E-state index is 8.47. The number of likely N-dealkylation sites (tertiary alicyclic amines) is 1. The summed E-state index contributed by atoms with van der Waals surface area (Å²) < 4.78 is 5.66. The van der Waals surface area contributed by atoms with Crippen molar-refractivity contribution < 1.29 is 4.74 Å². The second kappa shape index (κ2) is 7.81. The normalized spacial score (nSPS) is 15.3. The van der Waals surface area contributed by atoms with Gasteiger partial charge in [-0.15, -0.1) is 0 Å². The molecule has 0 saturated carbocycles. The minimum absolute atomic E-state index is 0.564. The van der Waals surface area contributed by atoms with Gasteiger partial charge < -0.3 is 9.64 Å². The van der Waals surface area contributed by atoms with Gasteiger partial charge >= 0.3 is 0 Å². The minimum Gasteiger partial charge on any atom is -0.494 e. The van der Waals surface area contributed by atoms with Crippen LogP contribution in [-0.2, 0) is 6.42 Å². The molecule has 0 spiro atoms. The Balaban J connectivity index is 1.76. The molecule has 0 unspecified atom stereocenters. The van der Waals surface area contributed by atoms with E-state index in [1.165, 1.54) is 31.5 Å². The third-order valence-electron chi connectivity index (χ3n) is 3.52. The number of benzene rings is 1. The summed E-state index contributed by atoms with van der Waals surface area (Å²) in [5.41, 5.74) is 1.34. The standard InChI is InChI=1S/C16H22N2O/c17-9-1-4-13-19-16-7-5-6-15(14-16)8-12-18-10-2-3-11-18/h5-7,14H,1-4,8,10-13H2. The number of nitrogens with zero attached hydrogens (tertiary/aromatic N) is 2. The van der Waals surface area contributed by atoms with Crippen molar-refractivity contribution in [3.8, 4) is 11.8 Å². The lowest BCUT2D eigenvalue weighted by molar-refractivity contribution is 0.311. The van der Waals surface area contributed by atoms with Crippen LogP contribution in [0.4, 0.5) is 0 Å². The molecule has 1 heterocycles. The van der Waals surface area contributed by atoms with Crippen molar-refractivity contribution in [2.24, 2.45) is 0 Å². The summed E-state index contributed by atoms with van der Waals surface area (Å²) >= 11 is 0. The molecule has 1 aromatic rings. The summed E-state index contributed by atoms with van der Waals surface area (Å²) in [6.07, 6.45) is 5.16. The molecule has 19 heavy (non-hydrogen) atoms. The smallest absolute Gasteiger partial charge is 0.119 e. The molecule has 0 bridgehead atoms. The molecule has 2 rings (SSSR count). The van der Waals surface area contributed by atoms with Crippen LogP contribution in [0.1, 0.15) is 31.2 Å². The Labute approximate surface area is 115 Å². The Morgan fingerprint density at radius 1 is 1.26 bits per heavy atom. The molecule has 1 saturated heterocycles. The van der Waals surface area contributed by atoms with Gasteiger partial charge in [0.05, 0.1) is 12.7 Å². The first-order valence-corrected chi connectivity index (χ1v) is 7.19. The fourth-order valence-corrected chi connectivity index (χ4v) is 2.43. The molecule has 0 amide bonds. The Morgan fingerprint density at radius 2 is 2.11 bits per heavy atom. The average Bonchev–Trinajstić information content (AvgIpc) is 2.95. The van der Waals surface area contributed by atoms with Gasteiger partial charge in [0, 0.05) is 13.0 Å². The molecule has 1 fully saturated rings. The lowest BCUT2D eigenvalue weighted by atomic mass is 10.1. The van der Waals surface area contributed by atoms with E-state index in [4.69, 9.17) is 10.00 Å². The highest BCUT2D eigenvalue weighted by molar-refractivity contribution is 5.28. The van der Waals surface area contributed by atoms with Crippen LogP contribution < -0.4 is 4.74 Å². The Morgan fingerprint density at radius 3 is 2.89 bits per heavy atom. The van der Waals surface area contributed by atoms with E-state index < -0.39 is 0 Å². The fraction of sp³-hybridized carbons (Fsp3) is 0.562. The van der Waals surface area contributed by atoms with E-state index in [1.54, 1.807) is 0 Å². The highest BCUT2D eigenvalue weighted by Gasteiger charge is 2.10. The SMILES string of the molecule is N#CCCCOc1cccc(CCN2CCCC2)c1. The van der Waals surface area contributed by atoms with Gasteiger partial charge in [-0.3, -0.25) is 0 Å². The van der Waals surface area contributed by atoms with Crippen LogP contribution in [0, 0.1) is 11.3 Å². The largest absolute Gasteiger partial charge is 0.494 e. The van der Waals surface area contributed by atoms with Gasteiger partial charge in [0.25, 0.3) is 0 Å². The number of hydrogen-bond acceptors (Lipinski definition) is 3. The van der Waals surface area contributed by atoms with Crippen LogP contribution in [-0.4, -0.2) is 31.1 Å². The van der Waals surface area contributed by atoms with E-state index in [-0.39, 0.29) is 0 Å². The molecule has 3 nitrogen and oxygen atoms in total. The Bertz CT molecular complexity index is 419. The highest BCUT2D eigenvalue weighted by atomic mass is 16.5. The number of unbranched alkanes of at least 4 members (excludes halogenated alkanes) is 1. The predicted octanol–water partition coefficient (Wildman–Crippen LogP) is 3.01. The lowest BCUT2D eigenvalue weighted by Gasteiger charge is -2.14. The zero-order valence-electron chi connectivity index (χ0n) is 11.5.